The summed E-state index contributed by atoms with van der Waals surface area (Å²) in [4.78, 5) is 11.1. The first kappa shape index (κ1) is 15.5. The van der Waals surface area contributed by atoms with Crippen LogP contribution in [-0.2, 0) is 11.2 Å². The Balaban J connectivity index is 2.76. The van der Waals surface area contributed by atoms with Gasteiger partial charge in [-0.3, -0.25) is 4.79 Å². The summed E-state index contributed by atoms with van der Waals surface area (Å²) in [5, 5.41) is 9.07. The van der Waals surface area contributed by atoms with Crippen molar-refractivity contribution in [2.24, 2.45) is 11.1 Å². The molecule has 1 unspecified atom stereocenters. The van der Waals surface area contributed by atoms with Crippen LogP contribution in [0.3, 0.4) is 0 Å². The Hall–Kier alpha value is -1.55. The smallest absolute Gasteiger partial charge is 0.312 e. The molecule has 1 aromatic rings. The molecule has 0 saturated carbocycles. The zero-order valence-electron chi connectivity index (χ0n) is 11.8. The minimum absolute atomic E-state index is 0.0947. The van der Waals surface area contributed by atoms with Crippen molar-refractivity contribution in [3.05, 3.63) is 29.8 Å². The van der Waals surface area contributed by atoms with Gasteiger partial charge in [0.05, 0.1) is 5.41 Å². The van der Waals surface area contributed by atoms with E-state index in [2.05, 4.69) is 0 Å². The molecule has 0 saturated heterocycles. The number of carbonyl (C=O) groups is 1. The van der Waals surface area contributed by atoms with E-state index in [0.29, 0.717) is 0 Å². The average molecular weight is 265 g/mol. The fourth-order valence-corrected chi connectivity index (χ4v) is 1.56. The summed E-state index contributed by atoms with van der Waals surface area (Å²) in [6, 6.07) is 7.74. The molecule has 106 valence electrons. The molecule has 3 N–H and O–H groups in total. The van der Waals surface area contributed by atoms with Crippen molar-refractivity contribution in [3.8, 4) is 5.75 Å². The van der Waals surface area contributed by atoms with Crippen LogP contribution >= 0.6 is 0 Å². The number of nitrogens with two attached hydrogens (primary N) is 1. The predicted molar refractivity (Wildman–Crippen MR) is 75.3 cm³/mol. The van der Waals surface area contributed by atoms with Crippen molar-refractivity contribution in [1.82, 2.24) is 0 Å². The Morgan fingerprint density at radius 2 is 2.05 bits per heavy atom. The van der Waals surface area contributed by atoms with Crippen LogP contribution < -0.4 is 10.5 Å². The van der Waals surface area contributed by atoms with E-state index in [0.717, 1.165) is 24.2 Å². The van der Waals surface area contributed by atoms with Crippen molar-refractivity contribution in [2.75, 3.05) is 6.61 Å². The van der Waals surface area contributed by atoms with Gasteiger partial charge in [-0.15, -0.1) is 0 Å². The monoisotopic (exact) mass is 265 g/mol. The number of aliphatic carboxylic acids is 1. The maximum absolute atomic E-state index is 11.1. The first-order chi connectivity index (χ1) is 8.86. The maximum Gasteiger partial charge on any atom is 0.312 e. The SMILES string of the molecule is CCC(N)Cc1ccccc1OCC(C)(C)C(=O)O. The third-order valence-electron chi connectivity index (χ3n) is 3.15. The van der Waals surface area contributed by atoms with Gasteiger partial charge in [-0.2, -0.15) is 0 Å². The van der Waals surface area contributed by atoms with E-state index < -0.39 is 11.4 Å². The molecule has 1 atom stereocenters. The molecule has 0 aliphatic carbocycles. The Kier molecular flexibility index (Phi) is 5.36. The number of carboxylic acids is 1. The lowest BCUT2D eigenvalue weighted by atomic mass is 9.95. The first-order valence-electron chi connectivity index (χ1n) is 6.56. The van der Waals surface area contributed by atoms with E-state index in [9.17, 15) is 4.79 Å². The van der Waals surface area contributed by atoms with Gasteiger partial charge in [0.1, 0.15) is 12.4 Å². The van der Waals surface area contributed by atoms with Crippen LogP contribution in [0.1, 0.15) is 32.8 Å². The Morgan fingerprint density at radius 3 is 2.63 bits per heavy atom. The highest BCUT2D eigenvalue weighted by molar-refractivity contribution is 5.73. The highest BCUT2D eigenvalue weighted by atomic mass is 16.5. The summed E-state index contributed by atoms with van der Waals surface area (Å²) < 4.78 is 5.67. The van der Waals surface area contributed by atoms with E-state index in [1.54, 1.807) is 13.8 Å². The van der Waals surface area contributed by atoms with Gasteiger partial charge in [0.2, 0.25) is 0 Å². The van der Waals surface area contributed by atoms with Crippen LogP contribution in [0.2, 0.25) is 0 Å². The van der Waals surface area contributed by atoms with Gasteiger partial charge in [-0.1, -0.05) is 25.1 Å². The second kappa shape index (κ2) is 6.57. The van der Waals surface area contributed by atoms with Gasteiger partial charge in [0.15, 0.2) is 0 Å². The molecule has 0 bridgehead atoms. The van der Waals surface area contributed by atoms with E-state index >= 15 is 0 Å². The van der Waals surface area contributed by atoms with E-state index in [-0.39, 0.29) is 12.6 Å². The summed E-state index contributed by atoms with van der Waals surface area (Å²) in [6.45, 7) is 5.48. The molecule has 0 aromatic heterocycles. The fraction of sp³-hybridized carbons (Fsp3) is 0.533. The molecule has 0 amide bonds. The lowest BCUT2D eigenvalue weighted by Crippen LogP contribution is -2.31. The van der Waals surface area contributed by atoms with Crippen molar-refractivity contribution >= 4 is 5.97 Å². The van der Waals surface area contributed by atoms with Gasteiger partial charge in [-0.25, -0.2) is 0 Å². The Labute approximate surface area is 114 Å². The molecule has 0 spiro atoms. The lowest BCUT2D eigenvalue weighted by molar-refractivity contribution is -0.148. The van der Waals surface area contributed by atoms with Gasteiger partial charge in [-0.05, 0) is 38.3 Å². The molecular formula is C15H23NO3. The minimum atomic E-state index is -0.903. The van der Waals surface area contributed by atoms with Crippen LogP contribution in [0.4, 0.5) is 0 Å². The van der Waals surface area contributed by atoms with E-state index in [1.807, 2.05) is 31.2 Å². The summed E-state index contributed by atoms with van der Waals surface area (Å²) >= 11 is 0. The first-order valence-corrected chi connectivity index (χ1v) is 6.56. The molecule has 0 heterocycles. The highest BCUT2D eigenvalue weighted by Crippen LogP contribution is 2.23. The van der Waals surface area contributed by atoms with Crippen molar-refractivity contribution < 1.29 is 14.6 Å². The number of carboxylic acid groups (broad SMARTS) is 1. The highest BCUT2D eigenvalue weighted by Gasteiger charge is 2.28. The zero-order chi connectivity index (χ0) is 14.5. The number of hydrogen-bond donors (Lipinski definition) is 2. The number of para-hydroxylation sites is 1. The van der Waals surface area contributed by atoms with Gasteiger partial charge >= 0.3 is 5.97 Å². The molecule has 1 aromatic carbocycles. The van der Waals surface area contributed by atoms with Crippen LogP contribution in [0, 0.1) is 5.41 Å². The minimum Gasteiger partial charge on any atom is -0.492 e. The molecule has 4 nitrogen and oxygen atoms in total. The summed E-state index contributed by atoms with van der Waals surface area (Å²) in [6.07, 6.45) is 1.63. The quantitative estimate of drug-likeness (QED) is 0.794. The molecule has 19 heavy (non-hydrogen) atoms. The second-order valence-corrected chi connectivity index (χ2v) is 5.46. The van der Waals surface area contributed by atoms with Crippen LogP contribution in [0.15, 0.2) is 24.3 Å². The average Bonchev–Trinajstić information content (AvgIpc) is 2.37. The molecular weight excluding hydrogens is 242 g/mol. The standard InChI is InChI=1S/C15H23NO3/c1-4-12(16)9-11-7-5-6-8-13(11)19-10-15(2,3)14(17)18/h5-8,12H,4,9-10,16H2,1-3H3,(H,17,18). The third-order valence-corrected chi connectivity index (χ3v) is 3.15. The molecule has 0 radical (unpaired) electrons. The Bertz CT molecular complexity index is 429. The molecule has 4 heteroatoms. The summed E-state index contributed by atoms with van der Waals surface area (Å²) in [5.41, 5.74) is 6.08. The van der Waals surface area contributed by atoms with Gasteiger partial charge < -0.3 is 15.6 Å². The molecule has 0 aliphatic heterocycles. The third kappa shape index (κ3) is 4.56. The van der Waals surface area contributed by atoms with Gasteiger partial charge in [0, 0.05) is 6.04 Å². The van der Waals surface area contributed by atoms with Gasteiger partial charge in [0.25, 0.3) is 0 Å². The number of rotatable bonds is 7. The van der Waals surface area contributed by atoms with Crippen LogP contribution in [-0.4, -0.2) is 23.7 Å². The molecule has 0 fully saturated rings. The van der Waals surface area contributed by atoms with Crippen LogP contribution in [0.5, 0.6) is 5.75 Å². The normalized spacial score (nSPS) is 13.1. The molecule has 1 rings (SSSR count). The number of ether oxygens (including phenoxy) is 1. The Morgan fingerprint density at radius 1 is 1.42 bits per heavy atom. The molecule has 0 aliphatic rings. The fourth-order valence-electron chi connectivity index (χ4n) is 1.56. The van der Waals surface area contributed by atoms with Crippen molar-refractivity contribution in [1.29, 1.82) is 0 Å². The zero-order valence-corrected chi connectivity index (χ0v) is 11.8. The van der Waals surface area contributed by atoms with Crippen molar-refractivity contribution in [2.45, 2.75) is 39.7 Å². The topological polar surface area (TPSA) is 72.5 Å². The lowest BCUT2D eigenvalue weighted by Gasteiger charge is -2.21. The van der Waals surface area contributed by atoms with Crippen molar-refractivity contribution in [3.63, 3.8) is 0 Å². The number of hydrogen-bond acceptors (Lipinski definition) is 3. The van der Waals surface area contributed by atoms with E-state index in [1.165, 1.54) is 0 Å². The predicted octanol–water partition coefficient (Wildman–Crippen LogP) is 2.46. The summed E-state index contributed by atoms with van der Waals surface area (Å²) in [7, 11) is 0. The number of benzene rings is 1. The second-order valence-electron chi connectivity index (χ2n) is 5.46. The summed E-state index contributed by atoms with van der Waals surface area (Å²) in [5.74, 6) is -0.143. The largest absolute Gasteiger partial charge is 0.492 e. The van der Waals surface area contributed by atoms with E-state index in [4.69, 9.17) is 15.6 Å². The maximum atomic E-state index is 11.1. The van der Waals surface area contributed by atoms with Crippen LogP contribution in [0.25, 0.3) is 0 Å².